The third kappa shape index (κ3) is 3.45. The molecule has 1 aromatic carbocycles. The van der Waals surface area contributed by atoms with Crippen LogP contribution in [0.2, 0.25) is 0 Å². The van der Waals surface area contributed by atoms with Gasteiger partial charge in [-0.15, -0.1) is 0 Å². The van der Waals surface area contributed by atoms with Gasteiger partial charge in [-0.2, -0.15) is 0 Å². The van der Waals surface area contributed by atoms with Crippen molar-refractivity contribution in [2.75, 3.05) is 13.2 Å². The summed E-state index contributed by atoms with van der Waals surface area (Å²) < 4.78 is 3.58. The van der Waals surface area contributed by atoms with Crippen molar-refractivity contribution < 1.29 is 10.2 Å². The van der Waals surface area contributed by atoms with Gasteiger partial charge in [0.15, 0.2) is 0 Å². The van der Waals surface area contributed by atoms with E-state index in [9.17, 15) is 4.79 Å². The number of hydrogen-bond acceptors (Lipinski definition) is 4. The van der Waals surface area contributed by atoms with Crippen LogP contribution in [0.1, 0.15) is 25.7 Å². The molecule has 134 valence electrons. The van der Waals surface area contributed by atoms with E-state index in [0.717, 1.165) is 29.3 Å². The zero-order valence-corrected chi connectivity index (χ0v) is 14.6. The lowest BCUT2D eigenvalue weighted by Gasteiger charge is -2.14. The minimum Gasteiger partial charge on any atom is -0.396 e. The topological polar surface area (TPSA) is 80.3 Å². The number of benzene rings is 1. The second-order valence-corrected chi connectivity index (χ2v) is 6.55. The third-order valence-corrected chi connectivity index (χ3v) is 4.96. The third-order valence-electron chi connectivity index (χ3n) is 4.96. The Morgan fingerprint density at radius 3 is 2.56 bits per heavy atom. The van der Waals surface area contributed by atoms with Crippen LogP contribution < -0.4 is 5.56 Å². The highest BCUT2D eigenvalue weighted by Gasteiger charge is 2.14. The molecule has 0 fully saturated rings. The number of para-hydroxylation sites is 1. The maximum Gasteiger partial charge on any atom is 0.277 e. The SMILES string of the molecule is Cn1c2ccccc2c2ncn(CCCC(CCO)CCO)c(=O)c21. The van der Waals surface area contributed by atoms with E-state index in [1.807, 2.05) is 35.9 Å². The fraction of sp³-hybridized carbons (Fsp3) is 0.474. The fourth-order valence-corrected chi connectivity index (χ4v) is 3.57. The standard InChI is InChI=1S/C19H25N3O3/c1-21-16-7-3-2-6-15(16)17-18(21)19(25)22(13-20-17)10-4-5-14(8-11-23)9-12-24/h2-3,6-7,13-14,23-24H,4-5,8-12H2,1H3. The average molecular weight is 343 g/mol. The number of rotatable bonds is 8. The van der Waals surface area contributed by atoms with E-state index in [1.54, 1.807) is 10.9 Å². The van der Waals surface area contributed by atoms with Crippen LogP contribution in [0.3, 0.4) is 0 Å². The van der Waals surface area contributed by atoms with Gasteiger partial charge in [-0.1, -0.05) is 18.2 Å². The van der Waals surface area contributed by atoms with Gasteiger partial charge in [0.2, 0.25) is 0 Å². The van der Waals surface area contributed by atoms with Gasteiger partial charge in [-0.3, -0.25) is 9.36 Å². The molecule has 3 aromatic rings. The van der Waals surface area contributed by atoms with Gasteiger partial charge in [0.05, 0.1) is 11.8 Å². The van der Waals surface area contributed by atoms with Crippen molar-refractivity contribution >= 4 is 21.9 Å². The lowest BCUT2D eigenvalue weighted by molar-refractivity contribution is 0.207. The summed E-state index contributed by atoms with van der Waals surface area (Å²) in [6.07, 6.45) is 4.71. The van der Waals surface area contributed by atoms with Crippen molar-refractivity contribution in [3.63, 3.8) is 0 Å². The lowest BCUT2D eigenvalue weighted by atomic mass is 9.96. The summed E-state index contributed by atoms with van der Waals surface area (Å²) in [7, 11) is 1.90. The molecule has 0 bridgehead atoms. The van der Waals surface area contributed by atoms with E-state index < -0.39 is 0 Å². The lowest BCUT2D eigenvalue weighted by Crippen LogP contribution is -2.22. The number of aliphatic hydroxyl groups is 2. The highest BCUT2D eigenvalue weighted by Crippen LogP contribution is 2.23. The number of nitrogens with zero attached hydrogens (tertiary/aromatic N) is 3. The number of aromatic nitrogens is 3. The van der Waals surface area contributed by atoms with Gasteiger partial charge in [0.25, 0.3) is 5.56 Å². The highest BCUT2D eigenvalue weighted by atomic mass is 16.3. The molecule has 0 saturated heterocycles. The van der Waals surface area contributed by atoms with Gasteiger partial charge in [-0.25, -0.2) is 4.98 Å². The summed E-state index contributed by atoms with van der Waals surface area (Å²) in [4.78, 5) is 17.4. The number of aliphatic hydroxyl groups excluding tert-OH is 2. The summed E-state index contributed by atoms with van der Waals surface area (Å²) in [6.45, 7) is 0.860. The largest absolute Gasteiger partial charge is 0.396 e. The highest BCUT2D eigenvalue weighted by molar-refractivity contribution is 6.05. The molecule has 2 aromatic heterocycles. The Hall–Kier alpha value is -2.18. The molecule has 0 atom stereocenters. The minimum atomic E-state index is -0.0235. The molecule has 6 heteroatoms. The van der Waals surface area contributed by atoms with Crippen molar-refractivity contribution in [2.24, 2.45) is 13.0 Å². The Labute approximate surface area is 146 Å². The average Bonchev–Trinajstić information content (AvgIpc) is 2.91. The molecule has 2 heterocycles. The molecule has 0 aliphatic rings. The van der Waals surface area contributed by atoms with Crippen molar-refractivity contribution in [3.05, 3.63) is 40.9 Å². The molecule has 3 rings (SSSR count). The van der Waals surface area contributed by atoms with E-state index in [-0.39, 0.29) is 18.8 Å². The van der Waals surface area contributed by atoms with Crippen LogP contribution in [0, 0.1) is 5.92 Å². The van der Waals surface area contributed by atoms with Crippen molar-refractivity contribution in [1.29, 1.82) is 0 Å². The molecule has 0 unspecified atom stereocenters. The molecular formula is C19H25N3O3. The van der Waals surface area contributed by atoms with Crippen LogP contribution in [0.5, 0.6) is 0 Å². The van der Waals surface area contributed by atoms with Crippen LogP contribution in [0.25, 0.3) is 21.9 Å². The maximum atomic E-state index is 12.9. The molecule has 0 aliphatic heterocycles. The van der Waals surface area contributed by atoms with E-state index in [1.165, 1.54) is 0 Å². The predicted molar refractivity (Wildman–Crippen MR) is 98.6 cm³/mol. The molecule has 0 radical (unpaired) electrons. The first kappa shape index (κ1) is 17.6. The van der Waals surface area contributed by atoms with Crippen molar-refractivity contribution in [2.45, 2.75) is 32.2 Å². The Balaban J connectivity index is 1.83. The van der Waals surface area contributed by atoms with Gasteiger partial charge < -0.3 is 14.8 Å². The first-order chi connectivity index (χ1) is 12.2. The first-order valence-electron chi connectivity index (χ1n) is 8.81. The van der Waals surface area contributed by atoms with Crippen LogP contribution in [-0.4, -0.2) is 37.5 Å². The quantitative estimate of drug-likeness (QED) is 0.656. The summed E-state index contributed by atoms with van der Waals surface area (Å²) >= 11 is 0. The van der Waals surface area contributed by atoms with Gasteiger partial charge in [-0.05, 0) is 37.7 Å². The summed E-state index contributed by atoms with van der Waals surface area (Å²) in [5.74, 6) is 0.292. The molecule has 0 aliphatic carbocycles. The number of hydrogen-bond donors (Lipinski definition) is 2. The molecule has 0 saturated carbocycles. The van der Waals surface area contributed by atoms with E-state index in [4.69, 9.17) is 10.2 Å². The normalized spacial score (nSPS) is 11.8. The van der Waals surface area contributed by atoms with Crippen molar-refractivity contribution in [3.8, 4) is 0 Å². The van der Waals surface area contributed by atoms with Crippen LogP contribution in [-0.2, 0) is 13.6 Å². The van der Waals surface area contributed by atoms with E-state index >= 15 is 0 Å². The van der Waals surface area contributed by atoms with Crippen LogP contribution in [0.15, 0.2) is 35.4 Å². The Bertz CT molecular complexity index is 907. The van der Waals surface area contributed by atoms with E-state index in [2.05, 4.69) is 4.98 Å². The fourth-order valence-electron chi connectivity index (χ4n) is 3.57. The van der Waals surface area contributed by atoms with Crippen LogP contribution in [0.4, 0.5) is 0 Å². The Kier molecular flexibility index (Phi) is 5.50. The van der Waals surface area contributed by atoms with Gasteiger partial charge in [0, 0.05) is 32.2 Å². The molecule has 25 heavy (non-hydrogen) atoms. The summed E-state index contributed by atoms with van der Waals surface area (Å²) in [5.41, 5.74) is 2.36. The monoisotopic (exact) mass is 343 g/mol. The Morgan fingerprint density at radius 1 is 1.12 bits per heavy atom. The molecule has 6 nitrogen and oxygen atoms in total. The maximum absolute atomic E-state index is 12.9. The number of fused-ring (bicyclic) bond motifs is 3. The minimum absolute atomic E-state index is 0.0235. The second-order valence-electron chi connectivity index (χ2n) is 6.55. The first-order valence-corrected chi connectivity index (χ1v) is 8.81. The van der Waals surface area contributed by atoms with Gasteiger partial charge in [0.1, 0.15) is 11.0 Å². The zero-order chi connectivity index (χ0) is 17.8. The second kappa shape index (κ2) is 7.80. The molecule has 2 N–H and O–H groups in total. The van der Waals surface area contributed by atoms with Crippen LogP contribution >= 0.6 is 0 Å². The molecular weight excluding hydrogens is 318 g/mol. The van der Waals surface area contributed by atoms with E-state index in [0.29, 0.717) is 30.8 Å². The van der Waals surface area contributed by atoms with Crippen molar-refractivity contribution in [1.82, 2.24) is 14.1 Å². The summed E-state index contributed by atoms with van der Waals surface area (Å²) in [5, 5.41) is 19.2. The Morgan fingerprint density at radius 2 is 1.84 bits per heavy atom. The zero-order valence-electron chi connectivity index (χ0n) is 14.6. The summed E-state index contributed by atoms with van der Waals surface area (Å²) in [6, 6.07) is 7.90. The smallest absolute Gasteiger partial charge is 0.277 e. The number of aryl methyl sites for hydroxylation is 2. The predicted octanol–water partition coefficient (Wildman–Crippen LogP) is 2.05. The van der Waals surface area contributed by atoms with Gasteiger partial charge >= 0.3 is 0 Å². The molecule has 0 spiro atoms. The molecule has 0 amide bonds.